The molecule has 3 N–H and O–H groups in total. The molecule has 0 atom stereocenters. The van der Waals surface area contributed by atoms with Gasteiger partial charge in [0.05, 0.1) is 36.4 Å². The smallest absolute Gasteiger partial charge is 0.225 e. The average molecular weight is 368 g/mol. The predicted molar refractivity (Wildman–Crippen MR) is 101 cm³/mol. The molecular formula is C19H24N6O2. The van der Waals surface area contributed by atoms with Crippen LogP contribution in [-0.4, -0.2) is 41.9 Å². The number of nitrogens with two attached hydrogens (primary N) is 1. The van der Waals surface area contributed by atoms with Crippen molar-refractivity contribution < 1.29 is 9.90 Å². The molecule has 8 heteroatoms. The Kier molecular flexibility index (Phi) is 4.89. The summed E-state index contributed by atoms with van der Waals surface area (Å²) in [5.41, 5.74) is 8.08. The van der Waals surface area contributed by atoms with E-state index in [1.54, 1.807) is 6.33 Å². The number of carbonyl (C=O) groups excluding carboxylic acids is 1. The summed E-state index contributed by atoms with van der Waals surface area (Å²) in [5, 5.41) is 13.8. The molecule has 2 heterocycles. The van der Waals surface area contributed by atoms with Gasteiger partial charge in [0.2, 0.25) is 5.91 Å². The Bertz CT molecular complexity index is 954. The van der Waals surface area contributed by atoms with Gasteiger partial charge in [-0.3, -0.25) is 4.79 Å². The van der Waals surface area contributed by atoms with E-state index in [2.05, 4.69) is 15.1 Å². The van der Waals surface area contributed by atoms with Gasteiger partial charge < -0.3 is 15.4 Å². The van der Waals surface area contributed by atoms with Crippen LogP contribution in [0.2, 0.25) is 0 Å². The molecule has 27 heavy (non-hydrogen) atoms. The van der Waals surface area contributed by atoms with Crippen molar-refractivity contribution in [1.29, 1.82) is 0 Å². The lowest BCUT2D eigenvalue weighted by atomic mass is 9.95. The van der Waals surface area contributed by atoms with Crippen LogP contribution in [0.5, 0.6) is 0 Å². The number of hydrogen-bond acceptors (Lipinski definition) is 5. The zero-order valence-electron chi connectivity index (χ0n) is 15.2. The summed E-state index contributed by atoms with van der Waals surface area (Å²) in [6, 6.07) is 6.27. The van der Waals surface area contributed by atoms with Gasteiger partial charge in [0, 0.05) is 12.1 Å². The Morgan fingerprint density at radius 3 is 2.81 bits per heavy atom. The number of carbonyl (C=O) groups is 1. The summed E-state index contributed by atoms with van der Waals surface area (Å²) in [4.78, 5) is 20.4. The number of aliphatic hydroxyl groups is 1. The summed E-state index contributed by atoms with van der Waals surface area (Å²) in [6.45, 7) is 0.580. The van der Waals surface area contributed by atoms with Crippen LogP contribution in [0.1, 0.15) is 44.0 Å². The van der Waals surface area contributed by atoms with Gasteiger partial charge in [0.15, 0.2) is 11.6 Å². The van der Waals surface area contributed by atoms with Crippen LogP contribution in [0.25, 0.3) is 22.4 Å². The highest BCUT2D eigenvalue weighted by atomic mass is 16.3. The first kappa shape index (κ1) is 17.7. The molecular weight excluding hydrogens is 344 g/mol. The van der Waals surface area contributed by atoms with Crippen LogP contribution >= 0.6 is 0 Å². The highest BCUT2D eigenvalue weighted by Crippen LogP contribution is 2.32. The van der Waals surface area contributed by atoms with E-state index in [0.717, 1.165) is 35.3 Å². The van der Waals surface area contributed by atoms with E-state index < -0.39 is 5.91 Å². The molecule has 8 nitrogen and oxygen atoms in total. The lowest BCUT2D eigenvalue weighted by Gasteiger charge is -2.23. The van der Waals surface area contributed by atoms with Crippen molar-refractivity contribution in [3.63, 3.8) is 0 Å². The number of imidazole rings is 1. The minimum absolute atomic E-state index is 0.0418. The first-order chi connectivity index (χ1) is 13.2. The molecule has 2 aromatic heterocycles. The molecule has 0 radical (unpaired) electrons. The molecule has 0 unspecified atom stereocenters. The van der Waals surface area contributed by atoms with Gasteiger partial charge in [0.1, 0.15) is 0 Å². The number of rotatable bonds is 6. The topological polar surface area (TPSA) is 112 Å². The van der Waals surface area contributed by atoms with E-state index in [9.17, 15) is 9.90 Å². The lowest BCUT2D eigenvalue weighted by Crippen LogP contribution is -2.17. The molecule has 0 aliphatic heterocycles. The maximum Gasteiger partial charge on any atom is 0.225 e. The lowest BCUT2D eigenvalue weighted by molar-refractivity contribution is -0.117. The monoisotopic (exact) mass is 368 g/mol. The van der Waals surface area contributed by atoms with Crippen LogP contribution in [0.15, 0.2) is 24.5 Å². The summed E-state index contributed by atoms with van der Waals surface area (Å²) in [5.74, 6) is 0.797. The number of benzene rings is 1. The van der Waals surface area contributed by atoms with Gasteiger partial charge in [0.25, 0.3) is 0 Å². The van der Waals surface area contributed by atoms with Gasteiger partial charge >= 0.3 is 0 Å². The highest BCUT2D eigenvalue weighted by Gasteiger charge is 2.23. The van der Waals surface area contributed by atoms with Crippen molar-refractivity contribution in [1.82, 2.24) is 24.3 Å². The van der Waals surface area contributed by atoms with Crippen LogP contribution in [0.3, 0.4) is 0 Å². The average Bonchev–Trinajstić information content (AvgIpc) is 3.26. The van der Waals surface area contributed by atoms with Crippen molar-refractivity contribution in [2.24, 2.45) is 5.73 Å². The third kappa shape index (κ3) is 3.57. The predicted octanol–water partition coefficient (Wildman–Crippen LogP) is 1.82. The van der Waals surface area contributed by atoms with Gasteiger partial charge in [-0.15, -0.1) is 0 Å². The highest BCUT2D eigenvalue weighted by molar-refractivity contribution is 5.81. The van der Waals surface area contributed by atoms with Crippen LogP contribution in [0.4, 0.5) is 0 Å². The fraction of sp³-hybridized carbons (Fsp3) is 0.474. The maximum atomic E-state index is 11.3. The third-order valence-corrected chi connectivity index (χ3v) is 5.15. The van der Waals surface area contributed by atoms with E-state index >= 15 is 0 Å². The molecule has 0 bridgehead atoms. The summed E-state index contributed by atoms with van der Waals surface area (Å²) < 4.78 is 3.90. The number of primary amides is 1. The molecule has 1 fully saturated rings. The number of fused-ring (bicyclic) bond motifs is 1. The van der Waals surface area contributed by atoms with E-state index in [0.29, 0.717) is 18.4 Å². The summed E-state index contributed by atoms with van der Waals surface area (Å²) in [7, 11) is 0. The van der Waals surface area contributed by atoms with Gasteiger partial charge in [-0.1, -0.05) is 19.3 Å². The quantitative estimate of drug-likeness (QED) is 0.689. The van der Waals surface area contributed by atoms with Crippen molar-refractivity contribution in [3.05, 3.63) is 30.4 Å². The third-order valence-electron chi connectivity index (χ3n) is 5.15. The minimum Gasteiger partial charge on any atom is -0.395 e. The fourth-order valence-electron chi connectivity index (χ4n) is 3.86. The number of amides is 1. The number of hydrogen-bond donors (Lipinski definition) is 2. The van der Waals surface area contributed by atoms with E-state index in [1.807, 2.05) is 27.4 Å². The maximum absolute atomic E-state index is 11.3. The Hall–Kier alpha value is -2.74. The van der Waals surface area contributed by atoms with Gasteiger partial charge in [-0.2, -0.15) is 5.10 Å². The van der Waals surface area contributed by atoms with Crippen molar-refractivity contribution in [2.75, 3.05) is 6.61 Å². The number of nitrogens with zero attached hydrogens (tertiary/aromatic N) is 5. The fourth-order valence-corrected chi connectivity index (χ4v) is 3.86. The molecule has 0 spiro atoms. The molecule has 142 valence electrons. The Morgan fingerprint density at radius 1 is 1.26 bits per heavy atom. The van der Waals surface area contributed by atoms with Crippen LogP contribution in [-0.2, 0) is 17.8 Å². The second-order valence-corrected chi connectivity index (χ2v) is 7.10. The van der Waals surface area contributed by atoms with E-state index in [-0.39, 0.29) is 13.0 Å². The SMILES string of the molecule is NC(=O)Cc1nc(-c2ccc3c(c2)ncn3CCO)n(C2CCCCC2)n1. The van der Waals surface area contributed by atoms with E-state index in [1.165, 1.54) is 19.3 Å². The molecule has 3 aromatic rings. The summed E-state index contributed by atoms with van der Waals surface area (Å²) >= 11 is 0. The number of aliphatic hydroxyl groups excluding tert-OH is 1. The zero-order chi connectivity index (χ0) is 18.8. The van der Waals surface area contributed by atoms with Crippen molar-refractivity contribution in [2.45, 2.75) is 51.1 Å². The van der Waals surface area contributed by atoms with Crippen LogP contribution < -0.4 is 5.73 Å². The van der Waals surface area contributed by atoms with Gasteiger partial charge in [-0.05, 0) is 31.0 Å². The standard InChI is InChI=1S/C19H24N6O2/c20-17(27)11-18-22-19(25(23-18)14-4-2-1-3-5-14)13-6-7-16-15(10-13)21-12-24(16)8-9-26/h6-7,10,12,14,26H,1-5,8-9,11H2,(H2,20,27). The number of aromatic nitrogens is 5. The molecule has 0 saturated heterocycles. The summed E-state index contributed by atoms with van der Waals surface area (Å²) in [6.07, 6.45) is 7.52. The second kappa shape index (κ2) is 7.48. The Balaban J connectivity index is 1.75. The molecule has 1 amide bonds. The Morgan fingerprint density at radius 2 is 2.07 bits per heavy atom. The second-order valence-electron chi connectivity index (χ2n) is 7.10. The van der Waals surface area contributed by atoms with E-state index in [4.69, 9.17) is 5.73 Å². The largest absolute Gasteiger partial charge is 0.395 e. The molecule has 1 aliphatic rings. The van der Waals surface area contributed by atoms with Gasteiger partial charge in [-0.25, -0.2) is 14.6 Å². The first-order valence-corrected chi connectivity index (χ1v) is 9.45. The normalized spacial score (nSPS) is 15.4. The molecule has 4 rings (SSSR count). The molecule has 1 aromatic carbocycles. The minimum atomic E-state index is -0.430. The van der Waals surface area contributed by atoms with Crippen LogP contribution in [0, 0.1) is 0 Å². The molecule has 1 aliphatic carbocycles. The zero-order valence-corrected chi connectivity index (χ0v) is 15.2. The first-order valence-electron chi connectivity index (χ1n) is 9.45. The van der Waals surface area contributed by atoms with Crippen molar-refractivity contribution >= 4 is 16.9 Å². The molecule has 1 saturated carbocycles. The van der Waals surface area contributed by atoms with Crippen molar-refractivity contribution in [3.8, 4) is 11.4 Å². The Labute approximate surface area is 157 Å².